The normalized spacial score (nSPS) is 16.4. The summed E-state index contributed by atoms with van der Waals surface area (Å²) in [6.45, 7) is 4.76. The van der Waals surface area contributed by atoms with E-state index >= 15 is 0 Å². The van der Waals surface area contributed by atoms with Gasteiger partial charge in [-0.1, -0.05) is 25.1 Å². The summed E-state index contributed by atoms with van der Waals surface area (Å²) in [6, 6.07) is 0.234. The Bertz CT molecular complexity index is 273. The summed E-state index contributed by atoms with van der Waals surface area (Å²) in [5.41, 5.74) is 5.50. The molecule has 1 aliphatic rings. The molecule has 0 radical (unpaired) electrons. The van der Waals surface area contributed by atoms with Gasteiger partial charge in [-0.3, -0.25) is 4.79 Å². The Kier molecular flexibility index (Phi) is 5.89. The predicted molar refractivity (Wildman–Crippen MR) is 74.8 cm³/mol. The van der Waals surface area contributed by atoms with E-state index in [1.54, 1.807) is 0 Å². The van der Waals surface area contributed by atoms with Crippen molar-refractivity contribution in [1.29, 1.82) is 0 Å². The number of hydrogen-bond acceptors (Lipinski definition) is 2. The van der Waals surface area contributed by atoms with Crippen molar-refractivity contribution in [3.05, 3.63) is 0 Å². The molecule has 1 saturated carbocycles. The first kappa shape index (κ1) is 14.4. The van der Waals surface area contributed by atoms with E-state index in [-0.39, 0.29) is 11.9 Å². The number of nitrogens with two attached hydrogens (primary N) is 1. The highest BCUT2D eigenvalue weighted by Crippen LogP contribution is 2.28. The van der Waals surface area contributed by atoms with E-state index in [1.165, 1.54) is 25.7 Å². The van der Waals surface area contributed by atoms with Gasteiger partial charge in [0.25, 0.3) is 0 Å². The fourth-order valence-corrected chi connectivity index (χ4v) is 2.57. The van der Waals surface area contributed by atoms with Crippen molar-refractivity contribution in [2.24, 2.45) is 11.7 Å². The molecule has 0 saturated heterocycles. The van der Waals surface area contributed by atoms with Crippen LogP contribution < -0.4 is 5.73 Å². The highest BCUT2D eigenvalue weighted by atomic mass is 32.1. The van der Waals surface area contributed by atoms with Crippen molar-refractivity contribution >= 4 is 23.1 Å². The fourth-order valence-electron chi connectivity index (χ4n) is 2.48. The monoisotopic (exact) mass is 256 g/mol. The van der Waals surface area contributed by atoms with Crippen molar-refractivity contribution < 1.29 is 4.79 Å². The standard InChI is InChI=1S/C13H24N2OS/c1-10(2)15(8-7-12(14)17)13(16)9-11-5-3-4-6-11/h10-11H,3-9H2,1-2H3,(H2,14,17). The third-order valence-electron chi connectivity index (χ3n) is 3.48. The summed E-state index contributed by atoms with van der Waals surface area (Å²) in [5, 5.41) is 0. The Hall–Kier alpha value is -0.640. The molecule has 0 bridgehead atoms. The Labute approximate surface area is 110 Å². The summed E-state index contributed by atoms with van der Waals surface area (Å²) < 4.78 is 0. The predicted octanol–water partition coefficient (Wildman–Crippen LogP) is 2.48. The van der Waals surface area contributed by atoms with Crippen LogP contribution in [0.2, 0.25) is 0 Å². The minimum absolute atomic E-state index is 0.234. The third kappa shape index (κ3) is 5.02. The van der Waals surface area contributed by atoms with Crippen LogP contribution in [-0.2, 0) is 4.79 Å². The summed E-state index contributed by atoms with van der Waals surface area (Å²) in [5.74, 6) is 0.872. The van der Waals surface area contributed by atoms with E-state index in [1.807, 2.05) is 18.7 Å². The van der Waals surface area contributed by atoms with Gasteiger partial charge in [0.1, 0.15) is 0 Å². The van der Waals surface area contributed by atoms with Crippen LogP contribution in [0.15, 0.2) is 0 Å². The lowest BCUT2D eigenvalue weighted by molar-refractivity contribution is -0.133. The molecule has 0 unspecified atom stereocenters. The second kappa shape index (κ2) is 6.94. The van der Waals surface area contributed by atoms with Gasteiger partial charge in [0.2, 0.25) is 5.91 Å². The van der Waals surface area contributed by atoms with Crippen molar-refractivity contribution in [2.45, 2.75) is 58.4 Å². The molecule has 0 aliphatic heterocycles. The van der Waals surface area contributed by atoms with Crippen molar-refractivity contribution in [1.82, 2.24) is 4.90 Å². The van der Waals surface area contributed by atoms with Gasteiger partial charge in [0, 0.05) is 25.4 Å². The van der Waals surface area contributed by atoms with Crippen molar-refractivity contribution in [2.75, 3.05) is 6.54 Å². The van der Waals surface area contributed by atoms with Crippen LogP contribution in [0.5, 0.6) is 0 Å². The molecular weight excluding hydrogens is 232 g/mol. The maximum Gasteiger partial charge on any atom is 0.223 e. The second-order valence-corrected chi connectivity index (χ2v) is 5.78. The molecule has 1 amide bonds. The lowest BCUT2D eigenvalue weighted by Gasteiger charge is -2.27. The summed E-state index contributed by atoms with van der Waals surface area (Å²) in [7, 11) is 0. The number of thiocarbonyl (C=S) groups is 1. The quantitative estimate of drug-likeness (QED) is 0.743. The zero-order chi connectivity index (χ0) is 12.8. The van der Waals surface area contributed by atoms with Crippen LogP contribution in [0.4, 0.5) is 0 Å². The molecule has 4 heteroatoms. The third-order valence-corrected chi connectivity index (χ3v) is 3.68. The average molecular weight is 256 g/mol. The van der Waals surface area contributed by atoms with Crippen LogP contribution in [0.1, 0.15) is 52.4 Å². The fraction of sp³-hybridized carbons (Fsp3) is 0.846. The number of carbonyl (C=O) groups is 1. The molecule has 0 spiro atoms. The Morgan fingerprint density at radius 2 is 2.00 bits per heavy atom. The number of nitrogens with zero attached hydrogens (tertiary/aromatic N) is 1. The smallest absolute Gasteiger partial charge is 0.223 e. The summed E-state index contributed by atoms with van der Waals surface area (Å²) >= 11 is 4.87. The number of carbonyl (C=O) groups excluding carboxylic acids is 1. The van der Waals surface area contributed by atoms with Gasteiger partial charge in [-0.15, -0.1) is 0 Å². The molecule has 3 nitrogen and oxygen atoms in total. The summed E-state index contributed by atoms with van der Waals surface area (Å²) in [4.78, 5) is 14.6. The van der Waals surface area contributed by atoms with Crippen LogP contribution >= 0.6 is 12.2 Å². The molecule has 1 fully saturated rings. The molecule has 0 heterocycles. The molecule has 2 N–H and O–H groups in total. The molecule has 0 aromatic heterocycles. The van der Waals surface area contributed by atoms with E-state index < -0.39 is 0 Å². The first-order valence-corrected chi connectivity index (χ1v) is 6.99. The zero-order valence-electron chi connectivity index (χ0n) is 10.9. The summed E-state index contributed by atoms with van der Waals surface area (Å²) in [6.07, 6.45) is 6.33. The van der Waals surface area contributed by atoms with Gasteiger partial charge >= 0.3 is 0 Å². The largest absolute Gasteiger partial charge is 0.393 e. The molecule has 1 rings (SSSR count). The first-order chi connectivity index (χ1) is 8.00. The van der Waals surface area contributed by atoms with E-state index in [2.05, 4.69) is 0 Å². The van der Waals surface area contributed by atoms with E-state index in [0.717, 1.165) is 0 Å². The number of rotatable bonds is 6. The SMILES string of the molecule is CC(C)N(CCC(N)=S)C(=O)CC1CCCC1. The van der Waals surface area contributed by atoms with Gasteiger partial charge < -0.3 is 10.6 Å². The number of amides is 1. The molecule has 0 aromatic rings. The second-order valence-electron chi connectivity index (χ2n) is 5.25. The van der Waals surface area contributed by atoms with Crippen molar-refractivity contribution in [3.8, 4) is 0 Å². The molecule has 17 heavy (non-hydrogen) atoms. The highest BCUT2D eigenvalue weighted by molar-refractivity contribution is 7.80. The Balaban J connectivity index is 2.44. The van der Waals surface area contributed by atoms with Gasteiger partial charge in [0.05, 0.1) is 4.99 Å². The van der Waals surface area contributed by atoms with Crippen LogP contribution in [0, 0.1) is 5.92 Å². The van der Waals surface area contributed by atoms with Crippen LogP contribution in [0.3, 0.4) is 0 Å². The Morgan fingerprint density at radius 3 is 2.47 bits per heavy atom. The lowest BCUT2D eigenvalue weighted by atomic mass is 10.0. The van der Waals surface area contributed by atoms with E-state index in [9.17, 15) is 4.79 Å². The van der Waals surface area contributed by atoms with Gasteiger partial charge in [0.15, 0.2) is 0 Å². The van der Waals surface area contributed by atoms with Crippen molar-refractivity contribution in [3.63, 3.8) is 0 Å². The molecule has 0 aromatic carbocycles. The maximum absolute atomic E-state index is 12.2. The van der Waals surface area contributed by atoms with E-state index in [0.29, 0.717) is 30.3 Å². The molecule has 98 valence electrons. The topological polar surface area (TPSA) is 46.3 Å². The first-order valence-electron chi connectivity index (χ1n) is 6.58. The van der Waals surface area contributed by atoms with E-state index in [4.69, 9.17) is 18.0 Å². The van der Waals surface area contributed by atoms with Crippen LogP contribution in [-0.4, -0.2) is 28.4 Å². The maximum atomic E-state index is 12.2. The lowest BCUT2D eigenvalue weighted by Crippen LogP contribution is -2.39. The van der Waals surface area contributed by atoms with Gasteiger partial charge in [-0.2, -0.15) is 0 Å². The molecular formula is C13H24N2OS. The molecule has 0 atom stereocenters. The average Bonchev–Trinajstić information content (AvgIpc) is 2.69. The minimum atomic E-state index is 0.234. The van der Waals surface area contributed by atoms with Gasteiger partial charge in [-0.05, 0) is 32.6 Å². The molecule has 1 aliphatic carbocycles. The van der Waals surface area contributed by atoms with Gasteiger partial charge in [-0.25, -0.2) is 0 Å². The zero-order valence-corrected chi connectivity index (χ0v) is 11.8. The number of hydrogen-bond donors (Lipinski definition) is 1. The minimum Gasteiger partial charge on any atom is -0.393 e. The Morgan fingerprint density at radius 1 is 1.41 bits per heavy atom. The van der Waals surface area contributed by atoms with Crippen LogP contribution in [0.25, 0.3) is 0 Å². The highest BCUT2D eigenvalue weighted by Gasteiger charge is 2.23.